The molecule has 0 aromatic carbocycles. The van der Waals surface area contributed by atoms with Crippen LogP contribution in [0.5, 0.6) is 0 Å². The van der Waals surface area contributed by atoms with Crippen LogP contribution in [0.15, 0.2) is 29.6 Å². The van der Waals surface area contributed by atoms with Crippen LogP contribution in [0.2, 0.25) is 0 Å². The van der Waals surface area contributed by atoms with Crippen molar-refractivity contribution >= 4 is 22.7 Å². The highest BCUT2D eigenvalue weighted by Gasteiger charge is 2.03. The second-order valence-corrected chi connectivity index (χ2v) is 5.61. The first-order chi connectivity index (χ1) is 7.40. The monoisotopic (exact) mass is 237 g/mol. The molecule has 0 amide bonds. The van der Waals surface area contributed by atoms with E-state index in [4.69, 9.17) is 5.73 Å². The Hall–Kier alpha value is -0.640. The number of unbranched alkanes of at least 4 members (excludes halogenated alkanes) is 1. The molecule has 0 radical (unpaired) electrons. The summed E-state index contributed by atoms with van der Waals surface area (Å²) in [6.07, 6.45) is 3.51. The Bertz CT molecular complexity index is 389. The third kappa shape index (κ3) is 2.91. The van der Waals surface area contributed by atoms with E-state index in [1.807, 2.05) is 22.7 Å². The first-order valence-corrected chi connectivity index (χ1v) is 6.92. The second-order valence-electron chi connectivity index (χ2n) is 3.49. The van der Waals surface area contributed by atoms with Crippen molar-refractivity contribution in [2.24, 2.45) is 5.73 Å². The third-order valence-electron chi connectivity index (χ3n) is 2.30. The summed E-state index contributed by atoms with van der Waals surface area (Å²) in [6.45, 7) is 0.809. The van der Waals surface area contributed by atoms with Gasteiger partial charge in [0, 0.05) is 14.6 Å². The Balaban J connectivity index is 1.98. The average Bonchev–Trinajstić information content (AvgIpc) is 2.87. The van der Waals surface area contributed by atoms with E-state index in [9.17, 15) is 0 Å². The molecule has 0 saturated heterocycles. The summed E-state index contributed by atoms with van der Waals surface area (Å²) >= 11 is 3.72. The van der Waals surface area contributed by atoms with Gasteiger partial charge in [-0.05, 0) is 49.4 Å². The Kier molecular flexibility index (Phi) is 3.94. The summed E-state index contributed by atoms with van der Waals surface area (Å²) in [7, 11) is 0. The molecular formula is C12H15NS2. The molecule has 0 atom stereocenters. The largest absolute Gasteiger partial charge is 0.330 e. The molecule has 2 rings (SSSR count). The van der Waals surface area contributed by atoms with E-state index in [0.717, 1.165) is 13.0 Å². The van der Waals surface area contributed by atoms with Gasteiger partial charge in [0.1, 0.15) is 0 Å². The summed E-state index contributed by atoms with van der Waals surface area (Å²) in [4.78, 5) is 4.25. The predicted octanol–water partition coefficient (Wildman–Crippen LogP) is 3.76. The molecule has 0 bridgehead atoms. The molecule has 80 valence electrons. The average molecular weight is 237 g/mol. The summed E-state index contributed by atoms with van der Waals surface area (Å²) < 4.78 is 0. The van der Waals surface area contributed by atoms with Crippen molar-refractivity contribution in [1.82, 2.24) is 0 Å². The summed E-state index contributed by atoms with van der Waals surface area (Å²) in [6, 6.07) is 8.76. The van der Waals surface area contributed by atoms with Gasteiger partial charge in [-0.15, -0.1) is 22.7 Å². The lowest BCUT2D eigenvalue weighted by Crippen LogP contribution is -1.98. The minimum Gasteiger partial charge on any atom is -0.330 e. The van der Waals surface area contributed by atoms with Crippen LogP contribution < -0.4 is 5.73 Å². The first-order valence-electron chi connectivity index (χ1n) is 5.23. The summed E-state index contributed by atoms with van der Waals surface area (Å²) in [5, 5.41) is 2.13. The van der Waals surface area contributed by atoms with Crippen LogP contribution in [0.1, 0.15) is 17.7 Å². The molecule has 0 aliphatic carbocycles. The SMILES string of the molecule is NCCCCc1ccc(-c2cccs2)s1. The molecule has 2 aromatic heterocycles. The van der Waals surface area contributed by atoms with E-state index < -0.39 is 0 Å². The van der Waals surface area contributed by atoms with E-state index in [1.54, 1.807) is 0 Å². The fourth-order valence-electron chi connectivity index (χ4n) is 1.51. The molecule has 2 heterocycles. The van der Waals surface area contributed by atoms with Gasteiger partial charge in [-0.25, -0.2) is 0 Å². The maximum Gasteiger partial charge on any atom is 0.0445 e. The molecule has 2 N–H and O–H groups in total. The molecule has 0 saturated carbocycles. The number of aryl methyl sites for hydroxylation is 1. The minimum atomic E-state index is 0.809. The van der Waals surface area contributed by atoms with Gasteiger partial charge in [0.25, 0.3) is 0 Å². The maximum atomic E-state index is 5.48. The Labute approximate surface area is 98.6 Å². The lowest BCUT2D eigenvalue weighted by molar-refractivity contribution is 0.751. The standard InChI is InChI=1S/C12H15NS2/c13-8-2-1-4-10-6-7-12(15-10)11-5-3-9-14-11/h3,5-7,9H,1-2,4,8,13H2. The van der Waals surface area contributed by atoms with Crippen LogP contribution in [-0.2, 0) is 6.42 Å². The van der Waals surface area contributed by atoms with Crippen molar-refractivity contribution in [1.29, 1.82) is 0 Å². The number of thiophene rings is 2. The number of nitrogens with two attached hydrogens (primary N) is 1. The zero-order chi connectivity index (χ0) is 10.5. The van der Waals surface area contributed by atoms with E-state index in [1.165, 1.54) is 27.5 Å². The Morgan fingerprint density at radius 3 is 2.73 bits per heavy atom. The van der Waals surface area contributed by atoms with Gasteiger partial charge >= 0.3 is 0 Å². The van der Waals surface area contributed by atoms with E-state index in [0.29, 0.717) is 0 Å². The predicted molar refractivity (Wildman–Crippen MR) is 69.6 cm³/mol. The quantitative estimate of drug-likeness (QED) is 0.787. The highest BCUT2D eigenvalue weighted by Crippen LogP contribution is 2.31. The molecule has 0 aliphatic heterocycles. The fraction of sp³-hybridized carbons (Fsp3) is 0.333. The molecule has 3 heteroatoms. The fourth-order valence-corrected chi connectivity index (χ4v) is 3.39. The minimum absolute atomic E-state index is 0.809. The van der Waals surface area contributed by atoms with Crippen LogP contribution in [-0.4, -0.2) is 6.54 Å². The lowest BCUT2D eigenvalue weighted by atomic mass is 10.2. The van der Waals surface area contributed by atoms with Gasteiger partial charge in [-0.3, -0.25) is 0 Å². The van der Waals surface area contributed by atoms with Gasteiger partial charge in [-0.2, -0.15) is 0 Å². The van der Waals surface area contributed by atoms with Gasteiger partial charge in [-0.1, -0.05) is 6.07 Å². The highest BCUT2D eigenvalue weighted by molar-refractivity contribution is 7.21. The first kappa shape index (κ1) is 10.9. The molecule has 15 heavy (non-hydrogen) atoms. The van der Waals surface area contributed by atoms with Gasteiger partial charge in [0.15, 0.2) is 0 Å². The van der Waals surface area contributed by atoms with Crippen molar-refractivity contribution in [3.63, 3.8) is 0 Å². The number of hydrogen-bond acceptors (Lipinski definition) is 3. The van der Waals surface area contributed by atoms with Crippen molar-refractivity contribution in [3.05, 3.63) is 34.5 Å². The zero-order valence-corrected chi connectivity index (χ0v) is 10.2. The van der Waals surface area contributed by atoms with Crippen LogP contribution in [0, 0.1) is 0 Å². The maximum absolute atomic E-state index is 5.48. The third-order valence-corrected chi connectivity index (χ3v) is 4.51. The molecule has 2 aromatic rings. The smallest absolute Gasteiger partial charge is 0.0445 e. The van der Waals surface area contributed by atoms with Gasteiger partial charge in [0.2, 0.25) is 0 Å². The number of hydrogen-bond donors (Lipinski definition) is 1. The van der Waals surface area contributed by atoms with Gasteiger partial charge < -0.3 is 5.73 Å². The molecular weight excluding hydrogens is 222 g/mol. The van der Waals surface area contributed by atoms with Crippen LogP contribution in [0.4, 0.5) is 0 Å². The van der Waals surface area contributed by atoms with Crippen LogP contribution in [0.3, 0.4) is 0 Å². The molecule has 0 aliphatic rings. The van der Waals surface area contributed by atoms with Crippen molar-refractivity contribution < 1.29 is 0 Å². The van der Waals surface area contributed by atoms with E-state index in [2.05, 4.69) is 29.6 Å². The summed E-state index contributed by atoms with van der Waals surface area (Å²) in [5.41, 5.74) is 5.48. The topological polar surface area (TPSA) is 26.0 Å². The summed E-state index contributed by atoms with van der Waals surface area (Å²) in [5.74, 6) is 0. The molecule has 1 nitrogen and oxygen atoms in total. The van der Waals surface area contributed by atoms with Crippen molar-refractivity contribution in [2.45, 2.75) is 19.3 Å². The second kappa shape index (κ2) is 5.45. The molecule has 0 unspecified atom stereocenters. The zero-order valence-electron chi connectivity index (χ0n) is 8.61. The normalized spacial score (nSPS) is 10.7. The van der Waals surface area contributed by atoms with Gasteiger partial charge in [0.05, 0.1) is 0 Å². The number of rotatable bonds is 5. The van der Waals surface area contributed by atoms with Crippen LogP contribution in [0.25, 0.3) is 9.75 Å². The van der Waals surface area contributed by atoms with Crippen molar-refractivity contribution in [3.8, 4) is 9.75 Å². The van der Waals surface area contributed by atoms with Crippen molar-refractivity contribution in [2.75, 3.05) is 6.54 Å². The lowest BCUT2D eigenvalue weighted by Gasteiger charge is -1.94. The Morgan fingerprint density at radius 1 is 1.07 bits per heavy atom. The molecule has 0 fully saturated rings. The molecule has 0 spiro atoms. The highest BCUT2D eigenvalue weighted by atomic mass is 32.1. The van der Waals surface area contributed by atoms with E-state index >= 15 is 0 Å². The van der Waals surface area contributed by atoms with E-state index in [-0.39, 0.29) is 0 Å². The van der Waals surface area contributed by atoms with Crippen LogP contribution >= 0.6 is 22.7 Å². The Morgan fingerprint density at radius 2 is 2.00 bits per heavy atom.